The fourth-order valence-corrected chi connectivity index (χ4v) is 5.77. The van der Waals surface area contributed by atoms with Crippen molar-refractivity contribution in [1.82, 2.24) is 29.0 Å². The van der Waals surface area contributed by atoms with Gasteiger partial charge in [0.2, 0.25) is 16.0 Å². The Morgan fingerprint density at radius 2 is 1.53 bits per heavy atom. The van der Waals surface area contributed by atoms with Gasteiger partial charge in [0.1, 0.15) is 5.82 Å². The fourth-order valence-electron chi connectivity index (χ4n) is 4.35. The fraction of sp³-hybridized carbons (Fsp3) is 0.435. The highest BCUT2D eigenvalue weighted by molar-refractivity contribution is 7.89. The lowest BCUT2D eigenvalue weighted by Gasteiger charge is -2.36. The van der Waals surface area contributed by atoms with E-state index in [0.29, 0.717) is 37.0 Å². The zero-order valence-corrected chi connectivity index (χ0v) is 20.4. The lowest BCUT2D eigenvalue weighted by atomic mass is 10.3. The maximum Gasteiger partial charge on any atom is 0.243 e. The molecule has 2 aromatic heterocycles. The van der Waals surface area contributed by atoms with Gasteiger partial charge in [0.25, 0.3) is 0 Å². The number of sulfonamides is 1. The molecule has 2 saturated heterocycles. The van der Waals surface area contributed by atoms with Crippen molar-refractivity contribution in [3.8, 4) is 5.69 Å². The van der Waals surface area contributed by atoms with Crippen molar-refractivity contribution in [1.29, 1.82) is 0 Å². The van der Waals surface area contributed by atoms with E-state index >= 15 is 0 Å². The molecule has 10 nitrogen and oxygen atoms in total. The molecule has 0 saturated carbocycles. The van der Waals surface area contributed by atoms with E-state index in [9.17, 15) is 8.42 Å². The van der Waals surface area contributed by atoms with Gasteiger partial charge in [0.15, 0.2) is 0 Å². The van der Waals surface area contributed by atoms with Crippen LogP contribution in [0.3, 0.4) is 0 Å². The molecule has 3 aromatic rings. The molecule has 2 aliphatic heterocycles. The second-order valence-corrected chi connectivity index (χ2v) is 10.7. The second kappa shape index (κ2) is 9.32. The summed E-state index contributed by atoms with van der Waals surface area (Å²) in [6, 6.07) is 10.7. The summed E-state index contributed by atoms with van der Waals surface area (Å²) in [7, 11) is -1.43. The van der Waals surface area contributed by atoms with E-state index in [2.05, 4.69) is 31.8 Å². The van der Waals surface area contributed by atoms with E-state index in [1.54, 1.807) is 39.4 Å². The minimum Gasteiger partial charge on any atom is -0.354 e. The Balaban J connectivity index is 1.26. The highest BCUT2D eigenvalue weighted by Crippen LogP contribution is 2.23. The zero-order valence-electron chi connectivity index (χ0n) is 19.6. The van der Waals surface area contributed by atoms with Crippen molar-refractivity contribution in [2.24, 2.45) is 0 Å². The molecule has 0 spiro atoms. The summed E-state index contributed by atoms with van der Waals surface area (Å²) in [6.45, 7) is 7.78. The first kappa shape index (κ1) is 22.8. The van der Waals surface area contributed by atoms with Crippen LogP contribution in [-0.4, -0.2) is 96.8 Å². The number of hydrogen-bond acceptors (Lipinski definition) is 8. The van der Waals surface area contributed by atoms with Crippen LogP contribution in [0.4, 0.5) is 11.8 Å². The minimum atomic E-state index is -3.57. The van der Waals surface area contributed by atoms with E-state index in [-0.39, 0.29) is 0 Å². The van der Waals surface area contributed by atoms with Gasteiger partial charge in [-0.3, -0.25) is 0 Å². The molecule has 0 N–H and O–H groups in total. The van der Waals surface area contributed by atoms with Crippen LogP contribution >= 0.6 is 0 Å². The topological polar surface area (TPSA) is 90.7 Å². The monoisotopic (exact) mass is 482 g/mol. The van der Waals surface area contributed by atoms with E-state index < -0.39 is 10.0 Å². The molecule has 4 heterocycles. The molecule has 0 unspecified atom stereocenters. The molecule has 0 bridgehead atoms. The Labute approximate surface area is 200 Å². The molecule has 180 valence electrons. The van der Waals surface area contributed by atoms with Crippen LogP contribution in [0.15, 0.2) is 53.7 Å². The summed E-state index contributed by atoms with van der Waals surface area (Å²) in [5.41, 5.74) is 1.74. The van der Waals surface area contributed by atoms with E-state index in [1.807, 2.05) is 25.3 Å². The van der Waals surface area contributed by atoms with Crippen molar-refractivity contribution in [3.63, 3.8) is 0 Å². The predicted octanol–water partition coefficient (Wildman–Crippen LogP) is 1.23. The maximum absolute atomic E-state index is 13.2. The predicted molar refractivity (Wildman–Crippen MR) is 131 cm³/mol. The van der Waals surface area contributed by atoms with Gasteiger partial charge in [-0.2, -0.15) is 14.4 Å². The largest absolute Gasteiger partial charge is 0.354 e. The highest BCUT2D eigenvalue weighted by atomic mass is 32.2. The SMILES string of the molecule is Cc1cc(N2CCN(C)CC2)nc(N2CCN(S(=O)(=O)c3ccc(-n4cccn4)cc3)CC2)n1. The standard InChI is InChI=1S/C23H30N8O2S/c1-19-18-22(28-12-10-27(2)11-13-28)26-23(25-19)29-14-16-30(17-15-29)34(32,33)21-6-4-20(5-7-21)31-9-3-8-24-31/h3-9,18H,10-17H2,1-2H3. The summed E-state index contributed by atoms with van der Waals surface area (Å²) in [5, 5.41) is 4.19. The molecule has 2 aliphatic rings. The number of likely N-dealkylation sites (N-methyl/N-ethyl adjacent to an activating group) is 1. The molecular formula is C23H30N8O2S. The zero-order chi connectivity index (χ0) is 23.7. The van der Waals surface area contributed by atoms with Gasteiger partial charge < -0.3 is 14.7 Å². The average molecular weight is 483 g/mol. The van der Waals surface area contributed by atoms with Crippen molar-refractivity contribution >= 4 is 21.8 Å². The van der Waals surface area contributed by atoms with Gasteiger partial charge in [-0.15, -0.1) is 0 Å². The Hall–Kier alpha value is -3.02. The Kier molecular flexibility index (Phi) is 6.24. The lowest BCUT2D eigenvalue weighted by molar-refractivity contribution is 0.312. The number of anilines is 2. The number of hydrogen-bond donors (Lipinski definition) is 0. The number of aryl methyl sites for hydroxylation is 1. The third kappa shape index (κ3) is 4.63. The third-order valence-corrected chi connectivity index (χ3v) is 8.33. The molecule has 0 atom stereocenters. The Morgan fingerprint density at radius 1 is 0.853 bits per heavy atom. The summed E-state index contributed by atoms with van der Waals surface area (Å²) in [4.78, 5) is 16.5. The van der Waals surface area contributed by atoms with E-state index in [4.69, 9.17) is 4.98 Å². The molecule has 11 heteroatoms. The number of aromatic nitrogens is 4. The Morgan fingerprint density at radius 3 is 2.18 bits per heavy atom. The van der Waals surface area contributed by atoms with Crippen LogP contribution < -0.4 is 9.80 Å². The molecular weight excluding hydrogens is 452 g/mol. The summed E-state index contributed by atoms with van der Waals surface area (Å²) < 4.78 is 29.7. The van der Waals surface area contributed by atoms with Gasteiger partial charge in [0, 0.05) is 76.5 Å². The first-order valence-corrected chi connectivity index (χ1v) is 13.0. The molecule has 0 radical (unpaired) electrons. The Bertz CT molecular complexity index is 1210. The third-order valence-electron chi connectivity index (χ3n) is 6.42. The van der Waals surface area contributed by atoms with Gasteiger partial charge >= 0.3 is 0 Å². The number of benzene rings is 1. The molecule has 34 heavy (non-hydrogen) atoms. The van der Waals surface area contributed by atoms with Gasteiger partial charge in [-0.1, -0.05) is 0 Å². The summed E-state index contributed by atoms with van der Waals surface area (Å²) in [5.74, 6) is 1.62. The van der Waals surface area contributed by atoms with Crippen LogP contribution in [0.2, 0.25) is 0 Å². The molecule has 1 aromatic carbocycles. The van der Waals surface area contributed by atoms with Gasteiger partial charge in [-0.25, -0.2) is 18.1 Å². The lowest BCUT2D eigenvalue weighted by Crippen LogP contribution is -2.49. The van der Waals surface area contributed by atoms with Crippen molar-refractivity contribution < 1.29 is 8.42 Å². The molecule has 2 fully saturated rings. The quantitative estimate of drug-likeness (QED) is 0.537. The second-order valence-electron chi connectivity index (χ2n) is 8.79. The highest BCUT2D eigenvalue weighted by Gasteiger charge is 2.30. The van der Waals surface area contributed by atoms with Crippen molar-refractivity contribution in [2.75, 3.05) is 69.2 Å². The maximum atomic E-state index is 13.2. The molecule has 0 aliphatic carbocycles. The molecule has 0 amide bonds. The normalized spacial score (nSPS) is 18.4. The number of rotatable bonds is 5. The number of piperazine rings is 2. The smallest absolute Gasteiger partial charge is 0.243 e. The van der Waals surface area contributed by atoms with Gasteiger partial charge in [-0.05, 0) is 44.3 Å². The first-order valence-electron chi connectivity index (χ1n) is 11.5. The van der Waals surface area contributed by atoms with Crippen molar-refractivity contribution in [3.05, 3.63) is 54.5 Å². The van der Waals surface area contributed by atoms with Crippen LogP contribution in [-0.2, 0) is 10.0 Å². The van der Waals surface area contributed by atoms with Crippen molar-refractivity contribution in [2.45, 2.75) is 11.8 Å². The molecule has 5 rings (SSSR count). The average Bonchev–Trinajstić information content (AvgIpc) is 3.39. The van der Waals surface area contributed by atoms with Crippen LogP contribution in [0.5, 0.6) is 0 Å². The first-order chi connectivity index (χ1) is 16.4. The summed E-state index contributed by atoms with van der Waals surface area (Å²) in [6.07, 6.45) is 3.52. The number of nitrogens with zero attached hydrogens (tertiary/aromatic N) is 8. The van der Waals surface area contributed by atoms with Crippen LogP contribution in [0.1, 0.15) is 5.69 Å². The summed E-state index contributed by atoms with van der Waals surface area (Å²) >= 11 is 0. The van der Waals surface area contributed by atoms with E-state index in [0.717, 1.165) is 43.4 Å². The van der Waals surface area contributed by atoms with Crippen LogP contribution in [0.25, 0.3) is 5.69 Å². The van der Waals surface area contributed by atoms with Gasteiger partial charge in [0.05, 0.1) is 10.6 Å². The van der Waals surface area contributed by atoms with Crippen LogP contribution in [0, 0.1) is 6.92 Å². The van der Waals surface area contributed by atoms with E-state index in [1.165, 1.54) is 0 Å². The minimum absolute atomic E-state index is 0.293.